The Kier molecular flexibility index (Phi) is 6.00. The molecule has 0 saturated heterocycles. The molecule has 0 heterocycles. The van der Waals surface area contributed by atoms with Crippen LogP contribution in [0, 0.1) is 0 Å². The van der Waals surface area contributed by atoms with E-state index in [0.717, 1.165) is 8.95 Å². The van der Waals surface area contributed by atoms with E-state index in [1.807, 2.05) is 13.8 Å². The van der Waals surface area contributed by atoms with E-state index in [1.165, 1.54) is 0 Å². The lowest BCUT2D eigenvalue weighted by molar-refractivity contribution is -0.167. The zero-order valence-electron chi connectivity index (χ0n) is 12.9. The van der Waals surface area contributed by atoms with Gasteiger partial charge in [0.1, 0.15) is 0 Å². The maximum Gasteiger partial charge on any atom is 0.347 e. The fourth-order valence-corrected chi connectivity index (χ4v) is 2.66. The predicted molar refractivity (Wildman–Crippen MR) is 97.1 cm³/mol. The van der Waals surface area contributed by atoms with Crippen LogP contribution in [-0.4, -0.2) is 17.2 Å². The maximum atomic E-state index is 12.7. The predicted octanol–water partition coefficient (Wildman–Crippen LogP) is 4.79. The van der Waals surface area contributed by atoms with Crippen LogP contribution in [0.1, 0.15) is 31.4 Å². The monoisotopic (exact) mass is 440 g/mol. The summed E-state index contributed by atoms with van der Waals surface area (Å²) in [6, 6.07) is 14.0. The molecule has 5 heteroatoms. The number of rotatable bonds is 5. The van der Waals surface area contributed by atoms with Gasteiger partial charge in [0.2, 0.25) is 5.60 Å². The van der Waals surface area contributed by atoms with E-state index in [1.54, 1.807) is 48.5 Å². The minimum Gasteiger partial charge on any atom is -0.460 e. The summed E-state index contributed by atoms with van der Waals surface area (Å²) in [6.45, 7) is 3.73. The Balaban J connectivity index is 2.51. The minimum atomic E-state index is -1.84. The van der Waals surface area contributed by atoms with Crippen molar-refractivity contribution < 1.29 is 14.6 Å². The number of carbonyl (C=O) groups excluding carboxylic acids is 1. The van der Waals surface area contributed by atoms with Crippen LogP contribution in [0.3, 0.4) is 0 Å². The third-order valence-corrected chi connectivity index (χ3v) is 4.76. The van der Waals surface area contributed by atoms with E-state index in [0.29, 0.717) is 17.5 Å². The number of esters is 1. The molecule has 2 aromatic rings. The van der Waals surface area contributed by atoms with Crippen LogP contribution in [0.4, 0.5) is 0 Å². The highest BCUT2D eigenvalue weighted by molar-refractivity contribution is 9.10. The number of hydrogen-bond donors (Lipinski definition) is 1. The van der Waals surface area contributed by atoms with Gasteiger partial charge in [-0.25, -0.2) is 4.79 Å². The molecule has 0 aromatic heterocycles. The molecule has 2 aromatic carbocycles. The lowest BCUT2D eigenvalue weighted by atomic mass is 9.86. The van der Waals surface area contributed by atoms with Gasteiger partial charge in [0.25, 0.3) is 0 Å². The van der Waals surface area contributed by atoms with Gasteiger partial charge in [0, 0.05) is 8.95 Å². The maximum absolute atomic E-state index is 12.7. The summed E-state index contributed by atoms with van der Waals surface area (Å²) in [5, 5.41) is 11.2. The summed E-state index contributed by atoms with van der Waals surface area (Å²) in [4.78, 5) is 12.7. The molecule has 1 atom stereocenters. The lowest BCUT2D eigenvalue weighted by Gasteiger charge is -2.28. The van der Waals surface area contributed by atoms with Crippen molar-refractivity contribution in [2.45, 2.75) is 32.0 Å². The van der Waals surface area contributed by atoms with Crippen molar-refractivity contribution in [1.82, 2.24) is 0 Å². The summed E-state index contributed by atoms with van der Waals surface area (Å²) in [5.74, 6) is -0.670. The molecule has 23 heavy (non-hydrogen) atoms. The van der Waals surface area contributed by atoms with Crippen LogP contribution < -0.4 is 0 Å². The Morgan fingerprint density at radius 1 is 1.04 bits per heavy atom. The molecule has 0 aliphatic heterocycles. The molecule has 0 unspecified atom stereocenters. The van der Waals surface area contributed by atoms with Crippen LogP contribution in [0.2, 0.25) is 0 Å². The van der Waals surface area contributed by atoms with Crippen molar-refractivity contribution in [3.63, 3.8) is 0 Å². The van der Waals surface area contributed by atoms with Crippen molar-refractivity contribution in [2.75, 3.05) is 0 Å². The molecule has 0 spiro atoms. The van der Waals surface area contributed by atoms with E-state index in [4.69, 9.17) is 4.74 Å². The number of aliphatic hydroxyl groups is 1. The molecule has 3 nitrogen and oxygen atoms in total. The Labute approximate surface area is 152 Å². The van der Waals surface area contributed by atoms with Crippen LogP contribution in [-0.2, 0) is 15.1 Å². The fraction of sp³-hybridized carbons (Fsp3) is 0.278. The van der Waals surface area contributed by atoms with Gasteiger partial charge in [-0.1, -0.05) is 63.0 Å². The number of halogens is 2. The van der Waals surface area contributed by atoms with Crippen molar-refractivity contribution in [3.8, 4) is 0 Å². The van der Waals surface area contributed by atoms with Crippen molar-refractivity contribution in [1.29, 1.82) is 0 Å². The SMILES string of the molecule is CC[C@H](C)OC(=O)C(O)(c1ccc(Br)cc1)c1ccc(Br)cc1. The molecular weight excluding hydrogens is 424 g/mol. The first-order valence-corrected chi connectivity index (χ1v) is 8.92. The standard InChI is InChI=1S/C18H18Br2O3/c1-3-12(2)23-17(21)18(22,13-4-8-15(19)9-5-13)14-6-10-16(20)11-7-14/h4-12,22H,3H2,1-2H3/t12-/m0/s1. The summed E-state index contributed by atoms with van der Waals surface area (Å²) in [7, 11) is 0. The molecule has 122 valence electrons. The molecule has 0 saturated carbocycles. The number of benzene rings is 2. The van der Waals surface area contributed by atoms with Gasteiger partial charge in [-0.3, -0.25) is 0 Å². The van der Waals surface area contributed by atoms with Gasteiger partial charge in [0.15, 0.2) is 0 Å². The van der Waals surface area contributed by atoms with Crippen LogP contribution in [0.15, 0.2) is 57.5 Å². The zero-order chi connectivity index (χ0) is 17.0. The number of hydrogen-bond acceptors (Lipinski definition) is 3. The first-order valence-electron chi connectivity index (χ1n) is 7.33. The Bertz CT molecular complexity index is 620. The first-order chi connectivity index (χ1) is 10.9. The van der Waals surface area contributed by atoms with Crippen LogP contribution >= 0.6 is 31.9 Å². The highest BCUT2D eigenvalue weighted by Gasteiger charge is 2.42. The van der Waals surface area contributed by atoms with Gasteiger partial charge < -0.3 is 9.84 Å². The molecule has 0 aliphatic rings. The quantitative estimate of drug-likeness (QED) is 0.678. The average molecular weight is 442 g/mol. The molecule has 2 rings (SSSR count). The molecule has 1 N–H and O–H groups in total. The first kappa shape index (κ1) is 18.2. The molecule has 0 radical (unpaired) electrons. The van der Waals surface area contributed by atoms with Crippen LogP contribution in [0.25, 0.3) is 0 Å². The summed E-state index contributed by atoms with van der Waals surface area (Å²) in [6.07, 6.45) is 0.419. The number of carbonyl (C=O) groups is 1. The smallest absolute Gasteiger partial charge is 0.347 e. The molecule has 0 aliphatic carbocycles. The molecule has 0 amide bonds. The summed E-state index contributed by atoms with van der Waals surface area (Å²) < 4.78 is 7.16. The van der Waals surface area contributed by atoms with Crippen molar-refractivity contribution in [2.24, 2.45) is 0 Å². The molecular formula is C18H18Br2O3. The van der Waals surface area contributed by atoms with E-state index in [2.05, 4.69) is 31.9 Å². The Morgan fingerprint density at radius 2 is 1.43 bits per heavy atom. The summed E-state index contributed by atoms with van der Waals surface area (Å²) in [5.41, 5.74) is -0.905. The lowest BCUT2D eigenvalue weighted by Crippen LogP contribution is -2.40. The van der Waals surface area contributed by atoms with Crippen molar-refractivity contribution >= 4 is 37.8 Å². The van der Waals surface area contributed by atoms with E-state index >= 15 is 0 Å². The normalized spacial score (nSPS) is 12.7. The second kappa shape index (κ2) is 7.60. The minimum absolute atomic E-state index is 0.264. The van der Waals surface area contributed by atoms with Gasteiger partial charge in [-0.05, 0) is 48.7 Å². The summed E-state index contributed by atoms with van der Waals surface area (Å²) >= 11 is 6.72. The highest BCUT2D eigenvalue weighted by atomic mass is 79.9. The largest absolute Gasteiger partial charge is 0.460 e. The molecule has 0 fully saturated rings. The fourth-order valence-electron chi connectivity index (χ4n) is 2.14. The Hall–Kier alpha value is -1.17. The van der Waals surface area contributed by atoms with E-state index in [-0.39, 0.29) is 6.10 Å². The van der Waals surface area contributed by atoms with Gasteiger partial charge in [0.05, 0.1) is 6.10 Å². The number of ether oxygens (including phenoxy) is 1. The molecule has 0 bridgehead atoms. The van der Waals surface area contributed by atoms with Gasteiger partial charge in [-0.2, -0.15) is 0 Å². The highest BCUT2D eigenvalue weighted by Crippen LogP contribution is 2.33. The van der Waals surface area contributed by atoms with Gasteiger partial charge >= 0.3 is 5.97 Å². The average Bonchev–Trinajstić information content (AvgIpc) is 2.55. The Morgan fingerprint density at radius 3 is 1.78 bits per heavy atom. The third kappa shape index (κ3) is 4.03. The van der Waals surface area contributed by atoms with E-state index in [9.17, 15) is 9.90 Å². The topological polar surface area (TPSA) is 46.5 Å². The third-order valence-electron chi connectivity index (χ3n) is 3.70. The second-order valence-electron chi connectivity index (χ2n) is 5.35. The second-order valence-corrected chi connectivity index (χ2v) is 7.18. The van der Waals surface area contributed by atoms with Crippen molar-refractivity contribution in [3.05, 3.63) is 68.6 Å². The van der Waals surface area contributed by atoms with E-state index < -0.39 is 11.6 Å². The zero-order valence-corrected chi connectivity index (χ0v) is 16.1. The van der Waals surface area contributed by atoms with Crippen LogP contribution in [0.5, 0.6) is 0 Å². The van der Waals surface area contributed by atoms with Gasteiger partial charge in [-0.15, -0.1) is 0 Å².